The van der Waals surface area contributed by atoms with E-state index in [0.29, 0.717) is 12.2 Å². The lowest BCUT2D eigenvalue weighted by Gasteiger charge is -2.10. The van der Waals surface area contributed by atoms with Crippen molar-refractivity contribution >= 4 is 22.3 Å². The number of anilines is 2. The molecule has 2 aromatic rings. The first kappa shape index (κ1) is 10.7. The lowest BCUT2D eigenvalue weighted by Crippen LogP contribution is -2.15. The van der Waals surface area contributed by atoms with Gasteiger partial charge in [0.15, 0.2) is 0 Å². The molecule has 1 heterocycles. The van der Waals surface area contributed by atoms with Crippen LogP contribution in [-0.2, 0) is 0 Å². The molecule has 4 nitrogen and oxygen atoms in total. The van der Waals surface area contributed by atoms with Gasteiger partial charge in [0.1, 0.15) is 0 Å². The van der Waals surface area contributed by atoms with E-state index in [9.17, 15) is 5.11 Å². The molecule has 1 atom stereocenters. The number of aliphatic hydroxyl groups excluding tert-OH is 1. The predicted molar refractivity (Wildman–Crippen MR) is 66.3 cm³/mol. The molecule has 4 N–H and O–H groups in total. The zero-order chi connectivity index (χ0) is 11.5. The third-order valence-corrected chi connectivity index (χ3v) is 2.35. The highest BCUT2D eigenvalue weighted by atomic mass is 16.3. The lowest BCUT2D eigenvalue weighted by atomic mass is 10.1. The van der Waals surface area contributed by atoms with E-state index in [-0.39, 0.29) is 6.10 Å². The Kier molecular flexibility index (Phi) is 2.92. The third kappa shape index (κ3) is 2.23. The van der Waals surface area contributed by atoms with Crippen LogP contribution in [0.4, 0.5) is 11.4 Å². The zero-order valence-electron chi connectivity index (χ0n) is 9.14. The average molecular weight is 217 g/mol. The quantitative estimate of drug-likeness (QED) is 0.683. The number of nitrogens with two attached hydrogens (primary N) is 1. The molecule has 1 unspecified atom stereocenters. The van der Waals surface area contributed by atoms with Gasteiger partial charge in [-0.2, -0.15) is 0 Å². The number of hydrogen-bond donors (Lipinski definition) is 3. The van der Waals surface area contributed by atoms with Crippen molar-refractivity contribution in [3.05, 3.63) is 30.5 Å². The van der Waals surface area contributed by atoms with Gasteiger partial charge in [0.25, 0.3) is 0 Å². The molecule has 84 valence electrons. The Labute approximate surface area is 94.1 Å². The highest BCUT2D eigenvalue weighted by molar-refractivity contribution is 5.92. The lowest BCUT2D eigenvalue weighted by molar-refractivity contribution is 0.208. The number of rotatable bonds is 3. The normalized spacial score (nSPS) is 12.6. The topological polar surface area (TPSA) is 71.2 Å². The summed E-state index contributed by atoms with van der Waals surface area (Å²) < 4.78 is 0. The van der Waals surface area contributed by atoms with Crippen LogP contribution in [0.5, 0.6) is 0 Å². The summed E-state index contributed by atoms with van der Waals surface area (Å²) in [5.41, 5.74) is 8.22. The molecular weight excluding hydrogens is 202 g/mol. The first-order valence-corrected chi connectivity index (χ1v) is 5.23. The maximum absolute atomic E-state index is 9.23. The van der Waals surface area contributed by atoms with Crippen LogP contribution in [0.3, 0.4) is 0 Å². The van der Waals surface area contributed by atoms with E-state index in [0.717, 1.165) is 16.6 Å². The summed E-state index contributed by atoms with van der Waals surface area (Å²) in [7, 11) is 0. The second kappa shape index (κ2) is 4.37. The molecular formula is C12H15N3O. The average Bonchev–Trinajstić information content (AvgIpc) is 2.25. The maximum atomic E-state index is 9.23. The molecule has 1 aromatic carbocycles. The van der Waals surface area contributed by atoms with Gasteiger partial charge >= 0.3 is 0 Å². The van der Waals surface area contributed by atoms with E-state index in [1.807, 2.05) is 24.3 Å². The molecule has 0 amide bonds. The fourth-order valence-electron chi connectivity index (χ4n) is 1.58. The molecule has 0 saturated heterocycles. The van der Waals surface area contributed by atoms with Crippen molar-refractivity contribution in [3.8, 4) is 0 Å². The number of pyridine rings is 1. The summed E-state index contributed by atoms with van der Waals surface area (Å²) in [6, 6.07) is 7.50. The van der Waals surface area contributed by atoms with Gasteiger partial charge in [-0.3, -0.25) is 4.98 Å². The minimum Gasteiger partial charge on any atom is -0.399 e. The molecule has 0 aliphatic carbocycles. The van der Waals surface area contributed by atoms with Crippen LogP contribution < -0.4 is 11.1 Å². The first-order valence-electron chi connectivity index (χ1n) is 5.23. The Morgan fingerprint density at radius 3 is 3.00 bits per heavy atom. The number of nitrogens with zero attached hydrogens (tertiary/aromatic N) is 1. The molecule has 16 heavy (non-hydrogen) atoms. The zero-order valence-corrected chi connectivity index (χ0v) is 9.14. The van der Waals surface area contributed by atoms with E-state index in [1.54, 1.807) is 13.1 Å². The van der Waals surface area contributed by atoms with Crippen LogP contribution in [0.25, 0.3) is 10.9 Å². The molecule has 0 aliphatic heterocycles. The second-order valence-corrected chi connectivity index (χ2v) is 3.87. The molecule has 0 saturated carbocycles. The van der Waals surface area contributed by atoms with Gasteiger partial charge in [0.2, 0.25) is 0 Å². The predicted octanol–water partition coefficient (Wildman–Crippen LogP) is 1.61. The van der Waals surface area contributed by atoms with Gasteiger partial charge in [0, 0.05) is 29.5 Å². The summed E-state index contributed by atoms with van der Waals surface area (Å²) >= 11 is 0. The second-order valence-electron chi connectivity index (χ2n) is 3.87. The van der Waals surface area contributed by atoms with Crippen LogP contribution in [0, 0.1) is 0 Å². The van der Waals surface area contributed by atoms with E-state index in [4.69, 9.17) is 5.73 Å². The van der Waals surface area contributed by atoms with Crippen LogP contribution in [0.15, 0.2) is 30.5 Å². The number of aliphatic hydroxyl groups is 1. The van der Waals surface area contributed by atoms with Crippen LogP contribution in [-0.4, -0.2) is 22.7 Å². The molecule has 1 aromatic heterocycles. The van der Waals surface area contributed by atoms with E-state index >= 15 is 0 Å². The fourth-order valence-corrected chi connectivity index (χ4v) is 1.58. The van der Waals surface area contributed by atoms with Crippen LogP contribution in [0.1, 0.15) is 6.92 Å². The highest BCUT2D eigenvalue weighted by Crippen LogP contribution is 2.23. The SMILES string of the molecule is CC(O)CNc1ccnc2cc(N)ccc12. The van der Waals surface area contributed by atoms with Crippen molar-refractivity contribution < 1.29 is 5.11 Å². The molecule has 0 fully saturated rings. The largest absolute Gasteiger partial charge is 0.399 e. The van der Waals surface area contributed by atoms with Gasteiger partial charge in [-0.1, -0.05) is 0 Å². The van der Waals surface area contributed by atoms with Crippen molar-refractivity contribution in [2.75, 3.05) is 17.6 Å². The van der Waals surface area contributed by atoms with Crippen molar-refractivity contribution in [2.45, 2.75) is 13.0 Å². The highest BCUT2D eigenvalue weighted by Gasteiger charge is 2.02. The number of benzene rings is 1. The van der Waals surface area contributed by atoms with Gasteiger partial charge in [-0.25, -0.2) is 0 Å². The van der Waals surface area contributed by atoms with E-state index in [1.165, 1.54) is 0 Å². The number of aromatic nitrogens is 1. The smallest absolute Gasteiger partial charge is 0.0743 e. The van der Waals surface area contributed by atoms with Gasteiger partial charge in [-0.15, -0.1) is 0 Å². The minimum absolute atomic E-state index is 0.378. The van der Waals surface area contributed by atoms with Gasteiger partial charge in [0.05, 0.1) is 11.6 Å². The van der Waals surface area contributed by atoms with Crippen LogP contribution in [0.2, 0.25) is 0 Å². The number of hydrogen-bond acceptors (Lipinski definition) is 4. The van der Waals surface area contributed by atoms with Crippen molar-refractivity contribution in [1.82, 2.24) is 4.98 Å². The standard InChI is InChI=1S/C12H15N3O/c1-8(16)7-15-11-4-5-14-12-6-9(13)2-3-10(11)12/h2-6,8,16H,7,13H2,1H3,(H,14,15). The maximum Gasteiger partial charge on any atom is 0.0743 e. The summed E-state index contributed by atoms with van der Waals surface area (Å²) in [6.45, 7) is 2.26. The minimum atomic E-state index is -0.378. The molecule has 0 bridgehead atoms. The summed E-state index contributed by atoms with van der Waals surface area (Å²) in [5.74, 6) is 0. The number of nitrogens with one attached hydrogen (secondary N) is 1. The Morgan fingerprint density at radius 2 is 2.25 bits per heavy atom. The van der Waals surface area contributed by atoms with Crippen LogP contribution >= 0.6 is 0 Å². The number of fused-ring (bicyclic) bond motifs is 1. The summed E-state index contributed by atoms with van der Waals surface area (Å²) in [6.07, 6.45) is 1.35. The Bertz CT molecular complexity index is 497. The molecule has 0 spiro atoms. The summed E-state index contributed by atoms with van der Waals surface area (Å²) in [5, 5.41) is 13.4. The first-order chi connectivity index (χ1) is 7.66. The Balaban J connectivity index is 2.38. The fraction of sp³-hybridized carbons (Fsp3) is 0.250. The molecule has 0 aliphatic rings. The monoisotopic (exact) mass is 217 g/mol. The van der Waals surface area contributed by atoms with E-state index < -0.39 is 0 Å². The Morgan fingerprint density at radius 1 is 1.44 bits per heavy atom. The summed E-state index contributed by atoms with van der Waals surface area (Å²) in [4.78, 5) is 4.25. The molecule has 0 radical (unpaired) electrons. The molecule has 4 heteroatoms. The van der Waals surface area contributed by atoms with Crippen molar-refractivity contribution in [2.24, 2.45) is 0 Å². The van der Waals surface area contributed by atoms with Gasteiger partial charge < -0.3 is 16.2 Å². The molecule has 2 rings (SSSR count). The Hall–Kier alpha value is -1.81. The van der Waals surface area contributed by atoms with E-state index in [2.05, 4.69) is 10.3 Å². The third-order valence-electron chi connectivity index (χ3n) is 2.35. The van der Waals surface area contributed by atoms with Gasteiger partial charge in [-0.05, 0) is 31.2 Å². The van der Waals surface area contributed by atoms with Crippen molar-refractivity contribution in [3.63, 3.8) is 0 Å². The van der Waals surface area contributed by atoms with Crippen molar-refractivity contribution in [1.29, 1.82) is 0 Å². The number of nitrogen functional groups attached to an aromatic ring is 1.